The van der Waals surface area contributed by atoms with Crippen molar-refractivity contribution in [2.75, 3.05) is 18.4 Å². The van der Waals surface area contributed by atoms with E-state index in [1.165, 1.54) is 19.5 Å². The molecule has 0 bridgehead atoms. The quantitative estimate of drug-likeness (QED) is 0.633. The van der Waals surface area contributed by atoms with E-state index in [1.807, 2.05) is 0 Å². The highest BCUT2D eigenvalue weighted by Gasteiger charge is 2.17. The van der Waals surface area contributed by atoms with Crippen LogP contribution in [-0.4, -0.2) is 29.4 Å². The molecule has 86 valence electrons. The Morgan fingerprint density at radius 3 is 2.00 bits per heavy atom. The molecule has 1 unspecified atom stereocenters. The summed E-state index contributed by atoms with van der Waals surface area (Å²) in [5.41, 5.74) is 0. The molecule has 0 N–H and O–H groups in total. The smallest absolute Gasteiger partial charge is 0.00743 e. The van der Waals surface area contributed by atoms with Gasteiger partial charge in [-0.25, -0.2) is 0 Å². The molecular weight excluding hydrogens is 238 g/mol. The Labute approximate surface area is 98.4 Å². The average molecular weight is 264 g/mol. The summed E-state index contributed by atoms with van der Waals surface area (Å²) < 4.78 is 0. The van der Waals surface area contributed by atoms with Crippen LogP contribution in [-0.2, 0) is 0 Å². The van der Waals surface area contributed by atoms with Gasteiger partial charge in [-0.05, 0) is 38.6 Å². The Morgan fingerprint density at radius 2 is 1.71 bits per heavy atom. The summed E-state index contributed by atoms with van der Waals surface area (Å²) in [4.78, 5) is 2.59. The zero-order valence-corrected chi connectivity index (χ0v) is 12.0. The Morgan fingerprint density at radius 1 is 1.14 bits per heavy atom. The van der Waals surface area contributed by atoms with Gasteiger partial charge in [0.2, 0.25) is 0 Å². The van der Waals surface area contributed by atoms with Gasteiger partial charge in [0.05, 0.1) is 0 Å². The molecule has 1 atom stereocenters. The number of hydrogen-bond donors (Lipinski definition) is 0. The maximum absolute atomic E-state index is 3.62. The van der Waals surface area contributed by atoms with Gasteiger partial charge in [-0.2, -0.15) is 0 Å². The summed E-state index contributed by atoms with van der Waals surface area (Å²) in [6.45, 7) is 13.9. The van der Waals surface area contributed by atoms with E-state index in [0.717, 1.165) is 17.2 Å². The molecular formula is C12H26BrN. The Bertz CT molecular complexity index is 134. The van der Waals surface area contributed by atoms with Crippen molar-refractivity contribution in [1.29, 1.82) is 0 Å². The Kier molecular flexibility index (Phi) is 7.94. The molecule has 0 radical (unpaired) electrons. The van der Waals surface area contributed by atoms with Crippen LogP contribution in [0.2, 0.25) is 0 Å². The molecule has 0 rings (SSSR count). The predicted molar refractivity (Wildman–Crippen MR) is 69.1 cm³/mol. The van der Waals surface area contributed by atoms with Gasteiger partial charge < -0.3 is 4.90 Å². The van der Waals surface area contributed by atoms with Crippen LogP contribution in [0.1, 0.15) is 41.0 Å². The predicted octanol–water partition coefficient (Wildman–Crippen LogP) is 3.77. The van der Waals surface area contributed by atoms with Crippen LogP contribution < -0.4 is 0 Å². The lowest BCUT2D eigenvalue weighted by molar-refractivity contribution is 0.176. The summed E-state index contributed by atoms with van der Waals surface area (Å²) in [5, 5.41) is 1.12. The lowest BCUT2D eigenvalue weighted by Crippen LogP contribution is -2.37. The number of halogens is 1. The van der Waals surface area contributed by atoms with Crippen molar-refractivity contribution in [3.8, 4) is 0 Å². The summed E-state index contributed by atoms with van der Waals surface area (Å²) in [7, 11) is 0. The van der Waals surface area contributed by atoms with Gasteiger partial charge in [0.25, 0.3) is 0 Å². The normalized spacial score (nSPS) is 14.4. The summed E-state index contributed by atoms with van der Waals surface area (Å²) in [5.74, 6) is 1.55. The largest absolute Gasteiger partial charge is 0.301 e. The molecule has 0 aliphatic carbocycles. The minimum atomic E-state index is 0.676. The molecule has 0 saturated heterocycles. The second-order valence-corrected chi connectivity index (χ2v) is 5.39. The fourth-order valence-electron chi connectivity index (χ4n) is 1.59. The van der Waals surface area contributed by atoms with Crippen LogP contribution in [0.25, 0.3) is 0 Å². The number of hydrogen-bond acceptors (Lipinski definition) is 1. The maximum Gasteiger partial charge on any atom is 0.00743 e. The highest BCUT2D eigenvalue weighted by molar-refractivity contribution is 9.09. The highest BCUT2D eigenvalue weighted by atomic mass is 79.9. The molecule has 1 nitrogen and oxygen atoms in total. The van der Waals surface area contributed by atoms with Gasteiger partial charge in [0.1, 0.15) is 0 Å². The summed E-state index contributed by atoms with van der Waals surface area (Å²) in [6, 6.07) is 0.676. The number of nitrogens with zero attached hydrogens (tertiary/aromatic N) is 1. The van der Waals surface area contributed by atoms with E-state index in [9.17, 15) is 0 Å². The van der Waals surface area contributed by atoms with Crippen LogP contribution in [0.4, 0.5) is 0 Å². The summed E-state index contributed by atoms with van der Waals surface area (Å²) in [6.07, 6.45) is 1.26. The SMILES string of the molecule is CCCN(CC(CBr)C(C)C)C(C)C. The molecule has 0 aliphatic rings. The molecule has 0 heterocycles. The van der Waals surface area contributed by atoms with E-state index in [4.69, 9.17) is 0 Å². The van der Waals surface area contributed by atoms with Gasteiger partial charge in [0.15, 0.2) is 0 Å². The first-order valence-electron chi connectivity index (χ1n) is 5.82. The van der Waals surface area contributed by atoms with Crippen molar-refractivity contribution in [1.82, 2.24) is 4.90 Å². The minimum Gasteiger partial charge on any atom is -0.301 e. The lowest BCUT2D eigenvalue weighted by Gasteiger charge is -2.31. The molecule has 0 aromatic heterocycles. The van der Waals surface area contributed by atoms with E-state index in [2.05, 4.69) is 55.4 Å². The standard InChI is InChI=1S/C12H26BrN/c1-6-7-14(11(4)5)9-12(8-13)10(2)3/h10-12H,6-9H2,1-5H3. The van der Waals surface area contributed by atoms with Crippen LogP contribution in [0.15, 0.2) is 0 Å². The topological polar surface area (TPSA) is 3.24 Å². The van der Waals surface area contributed by atoms with Crippen molar-refractivity contribution >= 4 is 15.9 Å². The van der Waals surface area contributed by atoms with Gasteiger partial charge in [0, 0.05) is 17.9 Å². The van der Waals surface area contributed by atoms with E-state index in [0.29, 0.717) is 6.04 Å². The Hall–Kier alpha value is 0.440. The van der Waals surface area contributed by atoms with Crippen molar-refractivity contribution in [3.05, 3.63) is 0 Å². The van der Waals surface area contributed by atoms with Crippen LogP contribution in [0.3, 0.4) is 0 Å². The maximum atomic E-state index is 3.62. The van der Waals surface area contributed by atoms with E-state index >= 15 is 0 Å². The molecule has 0 aliphatic heterocycles. The van der Waals surface area contributed by atoms with Crippen LogP contribution >= 0.6 is 15.9 Å². The van der Waals surface area contributed by atoms with Gasteiger partial charge in [-0.15, -0.1) is 0 Å². The van der Waals surface area contributed by atoms with Crippen molar-refractivity contribution in [2.24, 2.45) is 11.8 Å². The van der Waals surface area contributed by atoms with Gasteiger partial charge in [-0.1, -0.05) is 36.7 Å². The minimum absolute atomic E-state index is 0.676. The first kappa shape index (κ1) is 14.4. The van der Waals surface area contributed by atoms with Crippen molar-refractivity contribution in [3.63, 3.8) is 0 Å². The fraction of sp³-hybridized carbons (Fsp3) is 1.00. The third kappa shape index (κ3) is 5.35. The summed E-state index contributed by atoms with van der Waals surface area (Å²) >= 11 is 3.62. The second-order valence-electron chi connectivity index (χ2n) is 4.75. The first-order chi connectivity index (χ1) is 6.52. The first-order valence-corrected chi connectivity index (χ1v) is 6.95. The number of alkyl halides is 1. The zero-order valence-electron chi connectivity index (χ0n) is 10.4. The van der Waals surface area contributed by atoms with Crippen LogP contribution in [0, 0.1) is 11.8 Å². The Balaban J connectivity index is 4.11. The zero-order chi connectivity index (χ0) is 11.1. The molecule has 0 saturated carbocycles. The third-order valence-corrected chi connectivity index (χ3v) is 3.68. The molecule has 0 aromatic rings. The molecule has 0 spiro atoms. The van der Waals surface area contributed by atoms with E-state index < -0.39 is 0 Å². The van der Waals surface area contributed by atoms with Crippen LogP contribution in [0.5, 0.6) is 0 Å². The number of rotatable bonds is 7. The lowest BCUT2D eigenvalue weighted by atomic mass is 9.97. The molecule has 2 heteroatoms. The molecule has 14 heavy (non-hydrogen) atoms. The van der Waals surface area contributed by atoms with E-state index in [-0.39, 0.29) is 0 Å². The molecule has 0 fully saturated rings. The average Bonchev–Trinajstić information content (AvgIpc) is 2.11. The van der Waals surface area contributed by atoms with Gasteiger partial charge >= 0.3 is 0 Å². The third-order valence-electron chi connectivity index (χ3n) is 2.85. The monoisotopic (exact) mass is 263 g/mol. The van der Waals surface area contributed by atoms with Crippen molar-refractivity contribution < 1.29 is 0 Å². The molecule has 0 aromatic carbocycles. The van der Waals surface area contributed by atoms with Crippen molar-refractivity contribution in [2.45, 2.75) is 47.1 Å². The molecule has 0 amide bonds. The fourth-order valence-corrected chi connectivity index (χ4v) is 2.54. The van der Waals surface area contributed by atoms with Gasteiger partial charge in [-0.3, -0.25) is 0 Å². The van der Waals surface area contributed by atoms with E-state index in [1.54, 1.807) is 0 Å². The second kappa shape index (κ2) is 7.70. The highest BCUT2D eigenvalue weighted by Crippen LogP contribution is 2.16.